The van der Waals surface area contributed by atoms with E-state index in [9.17, 15) is 9.18 Å². The lowest BCUT2D eigenvalue weighted by Gasteiger charge is -2.24. The van der Waals surface area contributed by atoms with Gasteiger partial charge in [-0.25, -0.2) is 4.39 Å². The van der Waals surface area contributed by atoms with Crippen LogP contribution >= 0.6 is 0 Å². The molecule has 1 unspecified atom stereocenters. The molecule has 0 radical (unpaired) electrons. The molecule has 0 bridgehead atoms. The zero-order valence-corrected chi connectivity index (χ0v) is 13.7. The van der Waals surface area contributed by atoms with Crippen molar-refractivity contribution in [1.29, 1.82) is 0 Å². The van der Waals surface area contributed by atoms with Crippen molar-refractivity contribution in [3.63, 3.8) is 0 Å². The van der Waals surface area contributed by atoms with E-state index in [1.54, 1.807) is 19.2 Å². The largest absolute Gasteiger partial charge is 0.497 e. The number of halogens is 1. The Hall–Kier alpha value is -2.40. The summed E-state index contributed by atoms with van der Waals surface area (Å²) in [7, 11) is 1.65. The van der Waals surface area contributed by atoms with Crippen LogP contribution in [0, 0.1) is 5.82 Å². The molecule has 1 aliphatic heterocycles. The molecule has 1 heterocycles. The molecule has 5 heteroatoms. The SMILES string of the molecule is COc1cccc(C2CCCN2CC(=O)Nc2cccc(F)c2)c1. The summed E-state index contributed by atoms with van der Waals surface area (Å²) in [6, 6.07) is 14.1. The molecule has 126 valence electrons. The maximum absolute atomic E-state index is 13.2. The molecular formula is C19H21FN2O2. The fourth-order valence-corrected chi connectivity index (χ4v) is 3.19. The third-order valence-electron chi connectivity index (χ3n) is 4.30. The summed E-state index contributed by atoms with van der Waals surface area (Å²) >= 11 is 0. The highest BCUT2D eigenvalue weighted by molar-refractivity contribution is 5.92. The average Bonchev–Trinajstić information content (AvgIpc) is 3.03. The van der Waals surface area contributed by atoms with Crippen molar-refractivity contribution in [1.82, 2.24) is 4.90 Å². The van der Waals surface area contributed by atoms with E-state index in [0.717, 1.165) is 30.7 Å². The second-order valence-electron chi connectivity index (χ2n) is 5.96. The fraction of sp³-hybridized carbons (Fsp3) is 0.316. The number of carbonyl (C=O) groups excluding carboxylic acids is 1. The summed E-state index contributed by atoms with van der Waals surface area (Å²) in [5.41, 5.74) is 1.64. The molecule has 4 nitrogen and oxygen atoms in total. The Morgan fingerprint density at radius 2 is 2.12 bits per heavy atom. The summed E-state index contributed by atoms with van der Waals surface area (Å²) < 4.78 is 18.5. The van der Waals surface area contributed by atoms with E-state index >= 15 is 0 Å². The molecule has 0 spiro atoms. The Kier molecular flexibility index (Phi) is 5.11. The van der Waals surface area contributed by atoms with Gasteiger partial charge in [0.1, 0.15) is 11.6 Å². The highest BCUT2D eigenvalue weighted by Gasteiger charge is 2.27. The molecule has 1 fully saturated rings. The Bertz CT molecular complexity index is 720. The summed E-state index contributed by atoms with van der Waals surface area (Å²) in [6.07, 6.45) is 2.07. The van der Waals surface area contributed by atoms with Gasteiger partial charge < -0.3 is 10.1 Å². The van der Waals surface area contributed by atoms with Crippen molar-refractivity contribution in [2.75, 3.05) is 25.5 Å². The molecule has 1 N–H and O–H groups in total. The Morgan fingerprint density at radius 1 is 1.29 bits per heavy atom. The van der Waals surface area contributed by atoms with Gasteiger partial charge in [0.15, 0.2) is 0 Å². The summed E-state index contributed by atoms with van der Waals surface area (Å²) in [5.74, 6) is 0.335. The number of hydrogen-bond donors (Lipinski definition) is 1. The quantitative estimate of drug-likeness (QED) is 0.912. The van der Waals surface area contributed by atoms with E-state index in [0.29, 0.717) is 12.2 Å². The highest BCUT2D eigenvalue weighted by Crippen LogP contribution is 2.33. The first kappa shape index (κ1) is 16.5. The van der Waals surface area contributed by atoms with Crippen molar-refractivity contribution in [2.24, 2.45) is 0 Å². The molecule has 2 aromatic carbocycles. The molecule has 1 saturated heterocycles. The lowest BCUT2D eigenvalue weighted by atomic mass is 10.0. The second kappa shape index (κ2) is 7.45. The summed E-state index contributed by atoms with van der Waals surface area (Å²) in [6.45, 7) is 1.16. The number of carbonyl (C=O) groups is 1. The number of amides is 1. The molecule has 0 aliphatic carbocycles. The van der Waals surface area contributed by atoms with Gasteiger partial charge in [0, 0.05) is 11.7 Å². The number of methoxy groups -OCH3 is 1. The smallest absolute Gasteiger partial charge is 0.238 e. The molecule has 3 rings (SSSR count). The molecule has 0 aromatic heterocycles. The number of ether oxygens (including phenoxy) is 1. The summed E-state index contributed by atoms with van der Waals surface area (Å²) in [5, 5.41) is 2.76. The molecule has 2 aromatic rings. The van der Waals surface area contributed by atoms with Crippen LogP contribution in [0.3, 0.4) is 0 Å². The number of benzene rings is 2. The first-order chi connectivity index (χ1) is 11.7. The maximum atomic E-state index is 13.2. The van der Waals surface area contributed by atoms with Gasteiger partial charge in [0.2, 0.25) is 5.91 Å². The van der Waals surface area contributed by atoms with Crippen LogP contribution in [0.25, 0.3) is 0 Å². The predicted molar refractivity (Wildman–Crippen MR) is 91.6 cm³/mol. The Morgan fingerprint density at radius 3 is 2.92 bits per heavy atom. The monoisotopic (exact) mass is 328 g/mol. The van der Waals surface area contributed by atoms with Crippen LogP contribution < -0.4 is 10.1 Å². The van der Waals surface area contributed by atoms with E-state index in [1.807, 2.05) is 18.2 Å². The van der Waals surface area contributed by atoms with Crippen molar-refractivity contribution in [3.8, 4) is 5.75 Å². The van der Waals surface area contributed by atoms with Crippen molar-refractivity contribution >= 4 is 11.6 Å². The zero-order valence-electron chi connectivity index (χ0n) is 13.7. The van der Waals surface area contributed by atoms with E-state index in [4.69, 9.17) is 4.74 Å². The van der Waals surface area contributed by atoms with Crippen molar-refractivity contribution in [2.45, 2.75) is 18.9 Å². The van der Waals surface area contributed by atoms with E-state index in [-0.39, 0.29) is 17.8 Å². The lowest BCUT2D eigenvalue weighted by Crippen LogP contribution is -2.32. The van der Waals surface area contributed by atoms with Gasteiger partial charge in [-0.15, -0.1) is 0 Å². The maximum Gasteiger partial charge on any atom is 0.238 e. The van der Waals surface area contributed by atoms with Gasteiger partial charge in [-0.2, -0.15) is 0 Å². The van der Waals surface area contributed by atoms with Crippen LogP contribution in [0.1, 0.15) is 24.4 Å². The molecular weight excluding hydrogens is 307 g/mol. The number of anilines is 1. The van der Waals surface area contributed by atoms with Crippen LogP contribution in [-0.4, -0.2) is 31.0 Å². The first-order valence-corrected chi connectivity index (χ1v) is 8.09. The normalized spacial score (nSPS) is 17.7. The molecule has 1 aliphatic rings. The van der Waals surface area contributed by atoms with Crippen LogP contribution in [0.2, 0.25) is 0 Å². The first-order valence-electron chi connectivity index (χ1n) is 8.09. The topological polar surface area (TPSA) is 41.6 Å². The van der Waals surface area contributed by atoms with Gasteiger partial charge in [-0.1, -0.05) is 18.2 Å². The lowest BCUT2D eigenvalue weighted by molar-refractivity contribution is -0.117. The van der Waals surface area contributed by atoms with E-state index < -0.39 is 0 Å². The minimum Gasteiger partial charge on any atom is -0.497 e. The van der Waals surface area contributed by atoms with Gasteiger partial charge in [0.25, 0.3) is 0 Å². The fourth-order valence-electron chi connectivity index (χ4n) is 3.19. The van der Waals surface area contributed by atoms with Crippen LogP contribution in [0.15, 0.2) is 48.5 Å². The highest BCUT2D eigenvalue weighted by atomic mass is 19.1. The van der Waals surface area contributed by atoms with E-state index in [1.165, 1.54) is 12.1 Å². The number of nitrogens with one attached hydrogen (secondary N) is 1. The number of likely N-dealkylation sites (tertiary alicyclic amines) is 1. The zero-order chi connectivity index (χ0) is 16.9. The second-order valence-corrected chi connectivity index (χ2v) is 5.96. The van der Waals surface area contributed by atoms with Gasteiger partial charge in [-0.05, 0) is 55.3 Å². The predicted octanol–water partition coefficient (Wildman–Crippen LogP) is 3.61. The standard InChI is InChI=1S/C19H21FN2O2/c1-24-17-8-2-5-14(11-17)18-9-4-10-22(18)13-19(23)21-16-7-3-6-15(20)12-16/h2-3,5-8,11-12,18H,4,9-10,13H2,1H3,(H,21,23). The van der Waals surface area contributed by atoms with Crippen molar-refractivity contribution in [3.05, 3.63) is 59.9 Å². The Balaban J connectivity index is 1.66. The van der Waals surface area contributed by atoms with Gasteiger partial charge in [0.05, 0.1) is 13.7 Å². The number of nitrogens with zero attached hydrogens (tertiary/aromatic N) is 1. The minimum absolute atomic E-state index is 0.129. The number of hydrogen-bond acceptors (Lipinski definition) is 3. The van der Waals surface area contributed by atoms with Crippen LogP contribution in [-0.2, 0) is 4.79 Å². The Labute approximate surface area is 141 Å². The third-order valence-corrected chi connectivity index (χ3v) is 4.30. The van der Waals surface area contributed by atoms with E-state index in [2.05, 4.69) is 16.3 Å². The third kappa shape index (κ3) is 3.92. The molecule has 1 atom stereocenters. The van der Waals surface area contributed by atoms with Gasteiger partial charge in [-0.3, -0.25) is 9.69 Å². The average molecular weight is 328 g/mol. The van der Waals surface area contributed by atoms with Crippen LogP contribution in [0.4, 0.5) is 10.1 Å². The van der Waals surface area contributed by atoms with Crippen LogP contribution in [0.5, 0.6) is 5.75 Å². The minimum atomic E-state index is -0.358. The molecule has 24 heavy (non-hydrogen) atoms. The van der Waals surface area contributed by atoms with Crippen molar-refractivity contribution < 1.29 is 13.9 Å². The molecule has 1 amide bonds. The number of rotatable bonds is 5. The summed E-state index contributed by atoms with van der Waals surface area (Å²) in [4.78, 5) is 14.4. The molecule has 0 saturated carbocycles. The van der Waals surface area contributed by atoms with Gasteiger partial charge >= 0.3 is 0 Å².